The molecule has 4 nitrogen and oxygen atoms in total. The second kappa shape index (κ2) is 9.51. The van der Waals surface area contributed by atoms with Gasteiger partial charge in [-0.05, 0) is 43.4 Å². The van der Waals surface area contributed by atoms with E-state index in [1.54, 1.807) is 9.80 Å². The standard InChI is InChI=1S/C21H27ClN4S/c1-16(23-21(27)24-19-10-8-18(22)9-11-19)20(17-6-4-3-5-7-17)26-14-12-25(2)13-15-26/h3-11,16,20H,12-15H2,1-2H3,(H2,23,24,27)/p+2/t16-,20-/m1/s1. The van der Waals surface area contributed by atoms with Gasteiger partial charge < -0.3 is 20.4 Å². The van der Waals surface area contributed by atoms with Crippen molar-refractivity contribution in [3.63, 3.8) is 0 Å². The fraction of sp³-hybridized carbons (Fsp3) is 0.381. The van der Waals surface area contributed by atoms with E-state index < -0.39 is 0 Å². The number of anilines is 1. The molecule has 0 amide bonds. The Bertz CT molecular complexity index is 730. The lowest BCUT2D eigenvalue weighted by molar-refractivity contribution is -1.02. The van der Waals surface area contributed by atoms with Crippen LogP contribution in [0.2, 0.25) is 5.02 Å². The van der Waals surface area contributed by atoms with Crippen LogP contribution in [0.5, 0.6) is 0 Å². The van der Waals surface area contributed by atoms with E-state index in [4.69, 9.17) is 23.8 Å². The Balaban J connectivity index is 1.69. The highest BCUT2D eigenvalue weighted by Crippen LogP contribution is 2.16. The molecule has 2 aromatic rings. The van der Waals surface area contributed by atoms with Crippen LogP contribution in [0.15, 0.2) is 54.6 Å². The molecule has 0 aliphatic carbocycles. The van der Waals surface area contributed by atoms with Crippen molar-refractivity contribution in [3.05, 3.63) is 65.2 Å². The van der Waals surface area contributed by atoms with E-state index in [0.29, 0.717) is 11.2 Å². The summed E-state index contributed by atoms with van der Waals surface area (Å²) in [6.45, 7) is 6.99. The molecule has 27 heavy (non-hydrogen) atoms. The lowest BCUT2D eigenvalue weighted by atomic mass is 9.98. The molecular formula is C21H29ClN4S+2. The molecule has 3 rings (SSSR count). The number of quaternary nitrogens is 2. The van der Waals surface area contributed by atoms with Crippen LogP contribution in [0.25, 0.3) is 0 Å². The van der Waals surface area contributed by atoms with Gasteiger partial charge >= 0.3 is 0 Å². The molecule has 144 valence electrons. The summed E-state index contributed by atoms with van der Waals surface area (Å²) < 4.78 is 0. The predicted molar refractivity (Wildman–Crippen MR) is 117 cm³/mol. The zero-order valence-corrected chi connectivity index (χ0v) is 17.5. The average Bonchev–Trinajstić information content (AvgIpc) is 2.66. The van der Waals surface area contributed by atoms with Gasteiger partial charge in [0.25, 0.3) is 0 Å². The zero-order chi connectivity index (χ0) is 19.2. The first-order valence-electron chi connectivity index (χ1n) is 9.57. The summed E-state index contributed by atoms with van der Waals surface area (Å²) >= 11 is 11.5. The summed E-state index contributed by atoms with van der Waals surface area (Å²) in [6, 6.07) is 19.0. The highest BCUT2D eigenvalue weighted by atomic mass is 35.5. The summed E-state index contributed by atoms with van der Waals surface area (Å²) in [5.41, 5.74) is 2.30. The highest BCUT2D eigenvalue weighted by Gasteiger charge is 2.33. The molecule has 1 aliphatic rings. The Morgan fingerprint density at radius 2 is 1.63 bits per heavy atom. The van der Waals surface area contributed by atoms with Crippen molar-refractivity contribution in [1.82, 2.24) is 5.32 Å². The van der Waals surface area contributed by atoms with Gasteiger partial charge in [0.05, 0.1) is 13.1 Å². The minimum atomic E-state index is 0.216. The Kier molecular flexibility index (Phi) is 7.07. The molecule has 1 saturated heterocycles. The average molecular weight is 405 g/mol. The van der Waals surface area contributed by atoms with Crippen molar-refractivity contribution in [2.45, 2.75) is 19.0 Å². The molecule has 2 aromatic carbocycles. The largest absolute Gasteiger partial charge is 0.354 e. The second-order valence-electron chi connectivity index (χ2n) is 7.40. The van der Waals surface area contributed by atoms with Gasteiger partial charge in [-0.15, -0.1) is 0 Å². The summed E-state index contributed by atoms with van der Waals surface area (Å²) in [4.78, 5) is 3.24. The maximum atomic E-state index is 5.96. The number of hydrogen-bond acceptors (Lipinski definition) is 1. The molecule has 0 saturated carbocycles. The number of piperazine rings is 1. The minimum Gasteiger partial charge on any atom is -0.354 e. The third-order valence-electron chi connectivity index (χ3n) is 5.31. The van der Waals surface area contributed by atoms with Crippen LogP contribution < -0.4 is 20.4 Å². The number of rotatable bonds is 5. The van der Waals surface area contributed by atoms with Gasteiger partial charge in [0.15, 0.2) is 5.11 Å². The third-order valence-corrected chi connectivity index (χ3v) is 5.78. The molecule has 0 bridgehead atoms. The monoisotopic (exact) mass is 404 g/mol. The Morgan fingerprint density at radius 1 is 1.00 bits per heavy atom. The van der Waals surface area contributed by atoms with Crippen LogP contribution in [0.4, 0.5) is 5.69 Å². The van der Waals surface area contributed by atoms with E-state index in [9.17, 15) is 0 Å². The van der Waals surface area contributed by atoms with Crippen LogP contribution in [-0.4, -0.2) is 44.4 Å². The molecule has 0 aromatic heterocycles. The zero-order valence-electron chi connectivity index (χ0n) is 16.0. The van der Waals surface area contributed by atoms with E-state index in [2.05, 4.69) is 54.9 Å². The molecular weight excluding hydrogens is 376 g/mol. The van der Waals surface area contributed by atoms with Crippen LogP contribution in [0.1, 0.15) is 18.5 Å². The number of likely N-dealkylation sites (N-methyl/N-ethyl adjacent to an activating group) is 1. The molecule has 0 unspecified atom stereocenters. The van der Waals surface area contributed by atoms with Gasteiger partial charge in [-0.3, -0.25) is 0 Å². The van der Waals surface area contributed by atoms with Crippen molar-refractivity contribution in [2.75, 3.05) is 38.5 Å². The van der Waals surface area contributed by atoms with Gasteiger partial charge in [0.1, 0.15) is 32.2 Å². The van der Waals surface area contributed by atoms with Gasteiger partial charge in [-0.2, -0.15) is 0 Å². The van der Waals surface area contributed by atoms with Crippen molar-refractivity contribution in [2.24, 2.45) is 0 Å². The molecule has 2 atom stereocenters. The Morgan fingerprint density at radius 3 is 2.26 bits per heavy atom. The molecule has 0 radical (unpaired) electrons. The molecule has 1 aliphatic heterocycles. The summed E-state index contributed by atoms with van der Waals surface area (Å²) in [7, 11) is 2.28. The van der Waals surface area contributed by atoms with E-state index in [1.807, 2.05) is 24.3 Å². The predicted octanol–water partition coefficient (Wildman–Crippen LogP) is 1.17. The molecule has 1 heterocycles. The Hall–Kier alpha value is -1.66. The highest BCUT2D eigenvalue weighted by molar-refractivity contribution is 7.80. The molecule has 1 fully saturated rings. The molecule has 6 heteroatoms. The van der Waals surface area contributed by atoms with E-state index in [-0.39, 0.29) is 6.04 Å². The van der Waals surface area contributed by atoms with Gasteiger partial charge in [0.2, 0.25) is 0 Å². The lowest BCUT2D eigenvalue weighted by Crippen LogP contribution is -3.27. The number of halogens is 1. The minimum absolute atomic E-state index is 0.216. The molecule has 0 spiro atoms. The topological polar surface area (TPSA) is 32.9 Å². The smallest absolute Gasteiger partial charge is 0.171 e. The number of benzene rings is 2. The first-order chi connectivity index (χ1) is 13.0. The number of hydrogen-bond donors (Lipinski definition) is 4. The fourth-order valence-electron chi connectivity index (χ4n) is 3.84. The van der Waals surface area contributed by atoms with Gasteiger partial charge in [0, 0.05) is 16.3 Å². The van der Waals surface area contributed by atoms with Crippen LogP contribution >= 0.6 is 23.8 Å². The quantitative estimate of drug-likeness (QED) is 0.565. The van der Waals surface area contributed by atoms with Crippen LogP contribution in [-0.2, 0) is 0 Å². The van der Waals surface area contributed by atoms with Crippen molar-refractivity contribution >= 4 is 34.6 Å². The summed E-state index contributed by atoms with van der Waals surface area (Å²) in [6.07, 6.45) is 0. The first kappa shape index (κ1) is 20.1. The van der Waals surface area contributed by atoms with Crippen molar-refractivity contribution < 1.29 is 9.80 Å². The number of nitrogens with one attached hydrogen (secondary N) is 4. The molecule has 4 N–H and O–H groups in total. The number of thiocarbonyl (C=S) groups is 1. The van der Waals surface area contributed by atoms with Gasteiger partial charge in [-0.1, -0.05) is 41.9 Å². The third kappa shape index (κ3) is 5.66. The van der Waals surface area contributed by atoms with E-state index >= 15 is 0 Å². The van der Waals surface area contributed by atoms with Crippen molar-refractivity contribution in [1.29, 1.82) is 0 Å². The van der Waals surface area contributed by atoms with Crippen LogP contribution in [0.3, 0.4) is 0 Å². The van der Waals surface area contributed by atoms with Crippen LogP contribution in [0, 0.1) is 0 Å². The summed E-state index contributed by atoms with van der Waals surface area (Å²) in [5.74, 6) is 0. The SMILES string of the molecule is C[C@@H](NC(=S)Nc1ccc(Cl)cc1)[C@H](c1ccccc1)[NH+]1CC[NH+](C)CC1. The lowest BCUT2D eigenvalue weighted by Gasteiger charge is -2.37. The second-order valence-corrected chi connectivity index (χ2v) is 8.24. The first-order valence-corrected chi connectivity index (χ1v) is 10.4. The van der Waals surface area contributed by atoms with E-state index in [0.717, 1.165) is 10.7 Å². The summed E-state index contributed by atoms with van der Waals surface area (Å²) in [5, 5.41) is 8.14. The van der Waals surface area contributed by atoms with E-state index in [1.165, 1.54) is 31.7 Å². The normalized spacial score (nSPS) is 21.9. The Labute approximate surface area is 172 Å². The maximum Gasteiger partial charge on any atom is 0.171 e. The fourth-order valence-corrected chi connectivity index (χ4v) is 4.27. The van der Waals surface area contributed by atoms with Crippen molar-refractivity contribution in [3.8, 4) is 0 Å². The van der Waals surface area contributed by atoms with Gasteiger partial charge in [-0.25, -0.2) is 0 Å². The maximum absolute atomic E-state index is 5.96.